The van der Waals surface area contributed by atoms with Gasteiger partial charge in [-0.3, -0.25) is 0 Å². The van der Waals surface area contributed by atoms with Crippen molar-refractivity contribution < 1.29 is 9.47 Å². The fourth-order valence-electron chi connectivity index (χ4n) is 1.67. The third-order valence-electron chi connectivity index (χ3n) is 2.64. The Bertz CT molecular complexity index is 576. The van der Waals surface area contributed by atoms with Crippen LogP contribution in [0.15, 0.2) is 42.5 Å². The number of hydrogen-bond acceptors (Lipinski definition) is 3. The van der Waals surface area contributed by atoms with E-state index in [9.17, 15) is 0 Å². The van der Waals surface area contributed by atoms with Crippen molar-refractivity contribution in [2.24, 2.45) is 5.73 Å². The van der Waals surface area contributed by atoms with Crippen LogP contribution < -0.4 is 15.2 Å². The third-order valence-corrected chi connectivity index (χ3v) is 3.17. The van der Waals surface area contributed by atoms with Crippen molar-refractivity contribution in [1.82, 2.24) is 0 Å². The van der Waals surface area contributed by atoms with Gasteiger partial charge in [0.15, 0.2) is 0 Å². The molecule has 0 amide bonds. The molecule has 0 aromatic heterocycles. The van der Waals surface area contributed by atoms with E-state index in [0.29, 0.717) is 35.6 Å². The quantitative estimate of drug-likeness (QED) is 0.823. The molecule has 2 aromatic rings. The Balaban J connectivity index is 1.81. The second-order valence-corrected chi connectivity index (χ2v) is 4.97. The topological polar surface area (TPSA) is 44.5 Å². The van der Waals surface area contributed by atoms with Crippen LogP contribution in [0.3, 0.4) is 0 Å². The first kappa shape index (κ1) is 15.0. The molecule has 0 heterocycles. The number of benzene rings is 2. The first-order valence-electron chi connectivity index (χ1n) is 6.18. The van der Waals surface area contributed by atoms with Gasteiger partial charge in [-0.05, 0) is 35.9 Å². The van der Waals surface area contributed by atoms with Crippen LogP contribution in [0.4, 0.5) is 0 Å². The predicted octanol–water partition coefficient (Wildman–Crippen LogP) is 3.91. The van der Waals surface area contributed by atoms with E-state index in [0.717, 1.165) is 11.3 Å². The van der Waals surface area contributed by atoms with Crippen LogP contribution in [0.5, 0.6) is 11.5 Å². The summed E-state index contributed by atoms with van der Waals surface area (Å²) >= 11 is 11.8. The largest absolute Gasteiger partial charge is 0.490 e. The van der Waals surface area contributed by atoms with E-state index >= 15 is 0 Å². The number of nitrogens with two attached hydrogens (primary N) is 1. The summed E-state index contributed by atoms with van der Waals surface area (Å²) in [5.41, 5.74) is 6.60. The van der Waals surface area contributed by atoms with Crippen molar-refractivity contribution in [3.8, 4) is 11.5 Å². The van der Waals surface area contributed by atoms with Gasteiger partial charge in [0.1, 0.15) is 24.7 Å². The summed E-state index contributed by atoms with van der Waals surface area (Å²) in [5, 5.41) is 1.07. The SMILES string of the molecule is NCc1cccc(OCCOc2ccc(Cl)cc2Cl)c1. The summed E-state index contributed by atoms with van der Waals surface area (Å²) in [6.45, 7) is 1.31. The standard InChI is InChI=1S/C15H15Cl2NO2/c16-12-4-5-15(14(17)9-12)20-7-6-19-13-3-1-2-11(8-13)10-18/h1-5,8-9H,6-7,10,18H2. The summed E-state index contributed by atoms with van der Waals surface area (Å²) in [6.07, 6.45) is 0. The van der Waals surface area contributed by atoms with E-state index in [-0.39, 0.29) is 0 Å². The highest BCUT2D eigenvalue weighted by Crippen LogP contribution is 2.27. The second-order valence-electron chi connectivity index (χ2n) is 4.12. The Hall–Kier alpha value is -1.42. The van der Waals surface area contributed by atoms with E-state index in [1.807, 2.05) is 24.3 Å². The molecule has 0 saturated heterocycles. The fourth-order valence-corrected chi connectivity index (χ4v) is 2.13. The maximum atomic E-state index is 6.00. The van der Waals surface area contributed by atoms with Gasteiger partial charge in [-0.2, -0.15) is 0 Å². The highest BCUT2D eigenvalue weighted by molar-refractivity contribution is 6.35. The van der Waals surface area contributed by atoms with Gasteiger partial charge >= 0.3 is 0 Å². The molecule has 0 saturated carbocycles. The molecular formula is C15H15Cl2NO2. The van der Waals surface area contributed by atoms with Crippen molar-refractivity contribution in [1.29, 1.82) is 0 Å². The Morgan fingerprint density at radius 3 is 2.50 bits per heavy atom. The molecule has 0 bridgehead atoms. The van der Waals surface area contributed by atoms with Crippen molar-refractivity contribution in [2.45, 2.75) is 6.54 Å². The van der Waals surface area contributed by atoms with Crippen LogP contribution in [0, 0.1) is 0 Å². The Morgan fingerprint density at radius 2 is 1.75 bits per heavy atom. The summed E-state index contributed by atoms with van der Waals surface area (Å²) in [7, 11) is 0. The minimum absolute atomic E-state index is 0.397. The van der Waals surface area contributed by atoms with E-state index < -0.39 is 0 Å². The molecule has 0 spiro atoms. The van der Waals surface area contributed by atoms with Crippen LogP contribution in [-0.2, 0) is 6.54 Å². The van der Waals surface area contributed by atoms with Crippen molar-refractivity contribution in [3.05, 3.63) is 58.1 Å². The van der Waals surface area contributed by atoms with Crippen LogP contribution in [-0.4, -0.2) is 13.2 Å². The maximum Gasteiger partial charge on any atom is 0.138 e. The average Bonchev–Trinajstić information content (AvgIpc) is 2.45. The highest BCUT2D eigenvalue weighted by atomic mass is 35.5. The van der Waals surface area contributed by atoms with Crippen molar-refractivity contribution >= 4 is 23.2 Å². The van der Waals surface area contributed by atoms with E-state index in [1.165, 1.54) is 0 Å². The minimum Gasteiger partial charge on any atom is -0.490 e. The summed E-state index contributed by atoms with van der Waals surface area (Å²) < 4.78 is 11.1. The first-order valence-corrected chi connectivity index (χ1v) is 6.94. The summed E-state index contributed by atoms with van der Waals surface area (Å²) in [5.74, 6) is 1.37. The molecule has 0 aliphatic heterocycles. The van der Waals surface area contributed by atoms with Gasteiger partial charge in [-0.25, -0.2) is 0 Å². The molecule has 20 heavy (non-hydrogen) atoms. The molecule has 2 rings (SSSR count). The van der Waals surface area contributed by atoms with Gasteiger partial charge in [-0.15, -0.1) is 0 Å². The molecule has 0 fully saturated rings. The molecule has 0 unspecified atom stereocenters. The Morgan fingerprint density at radius 1 is 0.950 bits per heavy atom. The van der Waals surface area contributed by atoms with Crippen molar-refractivity contribution in [3.63, 3.8) is 0 Å². The van der Waals surface area contributed by atoms with Gasteiger partial charge in [0.25, 0.3) is 0 Å². The normalized spacial score (nSPS) is 10.3. The highest BCUT2D eigenvalue weighted by Gasteiger charge is 2.02. The minimum atomic E-state index is 0.397. The zero-order valence-corrected chi connectivity index (χ0v) is 12.3. The fraction of sp³-hybridized carbons (Fsp3) is 0.200. The van der Waals surface area contributed by atoms with E-state index in [2.05, 4.69) is 0 Å². The summed E-state index contributed by atoms with van der Waals surface area (Å²) in [6, 6.07) is 12.8. The van der Waals surface area contributed by atoms with Crippen LogP contribution in [0.1, 0.15) is 5.56 Å². The molecule has 5 heteroatoms. The molecule has 3 nitrogen and oxygen atoms in total. The second kappa shape index (κ2) is 7.39. The van der Waals surface area contributed by atoms with Crippen LogP contribution in [0.25, 0.3) is 0 Å². The van der Waals surface area contributed by atoms with Gasteiger partial charge in [0.05, 0.1) is 5.02 Å². The Kier molecular flexibility index (Phi) is 5.53. The first-order chi connectivity index (χ1) is 9.69. The molecule has 106 valence electrons. The summed E-state index contributed by atoms with van der Waals surface area (Å²) in [4.78, 5) is 0. The third kappa shape index (κ3) is 4.30. The molecule has 0 aliphatic rings. The smallest absolute Gasteiger partial charge is 0.138 e. The molecule has 0 aliphatic carbocycles. The lowest BCUT2D eigenvalue weighted by molar-refractivity contribution is 0.217. The van der Waals surface area contributed by atoms with Gasteiger partial charge < -0.3 is 15.2 Å². The monoisotopic (exact) mass is 311 g/mol. The predicted molar refractivity (Wildman–Crippen MR) is 81.8 cm³/mol. The number of hydrogen-bond donors (Lipinski definition) is 1. The number of ether oxygens (including phenoxy) is 2. The van der Waals surface area contributed by atoms with Gasteiger partial charge in [0, 0.05) is 11.6 Å². The number of rotatable bonds is 6. The zero-order valence-electron chi connectivity index (χ0n) is 10.8. The molecule has 2 aromatic carbocycles. The molecule has 0 radical (unpaired) electrons. The lowest BCUT2D eigenvalue weighted by Crippen LogP contribution is -2.09. The lowest BCUT2D eigenvalue weighted by atomic mass is 10.2. The average molecular weight is 312 g/mol. The zero-order chi connectivity index (χ0) is 14.4. The molecular weight excluding hydrogens is 297 g/mol. The van der Waals surface area contributed by atoms with Crippen molar-refractivity contribution in [2.75, 3.05) is 13.2 Å². The number of halogens is 2. The molecule has 2 N–H and O–H groups in total. The van der Waals surface area contributed by atoms with Gasteiger partial charge in [0.2, 0.25) is 0 Å². The van der Waals surface area contributed by atoms with E-state index in [1.54, 1.807) is 18.2 Å². The van der Waals surface area contributed by atoms with Crippen LogP contribution >= 0.6 is 23.2 Å². The lowest BCUT2D eigenvalue weighted by Gasteiger charge is -2.10. The Labute approximate surface area is 128 Å². The van der Waals surface area contributed by atoms with Gasteiger partial charge in [-0.1, -0.05) is 35.3 Å². The van der Waals surface area contributed by atoms with E-state index in [4.69, 9.17) is 38.4 Å². The maximum absolute atomic E-state index is 6.00. The molecule has 0 atom stereocenters. The van der Waals surface area contributed by atoms with Crippen LogP contribution in [0.2, 0.25) is 10.0 Å².